The van der Waals surface area contributed by atoms with Gasteiger partial charge in [0.2, 0.25) is 5.69 Å². The molecule has 2 aromatic rings. The van der Waals surface area contributed by atoms with Crippen molar-refractivity contribution >= 4 is 33.9 Å². The van der Waals surface area contributed by atoms with Crippen molar-refractivity contribution in [1.29, 1.82) is 0 Å². The lowest BCUT2D eigenvalue weighted by molar-refractivity contribution is 0.180. The Morgan fingerprint density at radius 2 is 2.05 bits per heavy atom. The van der Waals surface area contributed by atoms with E-state index in [1.165, 1.54) is 0 Å². The molecule has 22 heavy (non-hydrogen) atoms. The van der Waals surface area contributed by atoms with Crippen LogP contribution in [0.1, 0.15) is 0 Å². The van der Waals surface area contributed by atoms with Gasteiger partial charge in [-0.3, -0.25) is 4.79 Å². The van der Waals surface area contributed by atoms with E-state index in [-0.39, 0.29) is 10.0 Å². The van der Waals surface area contributed by atoms with Gasteiger partial charge in [0.25, 0.3) is 5.11 Å². The minimum Gasteiger partial charge on any atom is -0.383 e. The van der Waals surface area contributed by atoms with Crippen LogP contribution in [-0.4, -0.2) is 56.4 Å². The number of quaternary nitrogens is 1. The summed E-state index contributed by atoms with van der Waals surface area (Å²) in [5, 5.41) is 1.66. The normalized spacial score (nSPS) is 11.6. The van der Waals surface area contributed by atoms with Crippen molar-refractivity contribution in [3.8, 4) is 0 Å². The van der Waals surface area contributed by atoms with Gasteiger partial charge >= 0.3 is 5.56 Å². The molecule has 0 amide bonds. The van der Waals surface area contributed by atoms with Crippen LogP contribution in [0.15, 0.2) is 35.1 Å². The first-order chi connectivity index (χ1) is 10.4. The van der Waals surface area contributed by atoms with Gasteiger partial charge in [0.05, 0.1) is 20.7 Å². The van der Waals surface area contributed by atoms with Crippen molar-refractivity contribution in [3.05, 3.63) is 40.7 Å². The highest BCUT2D eigenvalue weighted by atomic mass is 32.1. The molecule has 0 aliphatic carbocycles. The Kier molecular flexibility index (Phi) is 4.95. The summed E-state index contributed by atoms with van der Waals surface area (Å²) in [6.07, 6.45) is 0. The van der Waals surface area contributed by atoms with Gasteiger partial charge in [0.15, 0.2) is 0 Å². The van der Waals surface area contributed by atoms with E-state index < -0.39 is 0 Å². The number of benzene rings is 1. The second-order valence-electron chi connectivity index (χ2n) is 5.72. The van der Waals surface area contributed by atoms with Crippen molar-refractivity contribution in [2.45, 2.75) is 0 Å². The van der Waals surface area contributed by atoms with Gasteiger partial charge in [0.1, 0.15) is 0 Å². The molecule has 1 N–H and O–H groups in total. The predicted octanol–water partition coefficient (Wildman–Crippen LogP) is 1.96. The van der Waals surface area contributed by atoms with Gasteiger partial charge in [-0.05, 0) is 6.07 Å². The van der Waals surface area contributed by atoms with E-state index in [2.05, 4.69) is 4.98 Å². The molecule has 118 valence electrons. The first kappa shape index (κ1) is 16.6. The first-order valence-corrected chi connectivity index (χ1v) is 7.50. The summed E-state index contributed by atoms with van der Waals surface area (Å²) in [5.74, 6) is 0. The molecule has 0 bridgehead atoms. The van der Waals surface area contributed by atoms with Gasteiger partial charge in [-0.1, -0.05) is 18.2 Å². The fourth-order valence-electron chi connectivity index (χ4n) is 2.40. The number of aromatic amines is 1. The van der Waals surface area contributed by atoms with Crippen LogP contribution in [0, 0.1) is 0 Å². The summed E-state index contributed by atoms with van der Waals surface area (Å²) in [4.78, 5) is 17.3. The fourth-order valence-corrected chi connectivity index (χ4v) is 2.59. The van der Waals surface area contributed by atoms with Gasteiger partial charge in [0, 0.05) is 49.9 Å². The molecule has 1 aromatic heterocycles. The summed E-state index contributed by atoms with van der Waals surface area (Å²) in [6.45, 7) is 1.27. The number of rotatable bonds is 4. The zero-order chi connectivity index (χ0) is 16.3. The van der Waals surface area contributed by atoms with Crippen LogP contribution in [0.4, 0.5) is 5.69 Å². The third kappa shape index (κ3) is 3.19. The van der Waals surface area contributed by atoms with Gasteiger partial charge in [-0.25, -0.2) is 4.48 Å². The van der Waals surface area contributed by atoms with Crippen LogP contribution >= 0.6 is 12.2 Å². The topological polar surface area (TPSA) is 45.3 Å². The molecule has 0 atom stereocenters. The van der Waals surface area contributed by atoms with E-state index >= 15 is 0 Å². The summed E-state index contributed by atoms with van der Waals surface area (Å²) < 4.78 is 5.30. The number of aromatic nitrogens is 1. The lowest BCUT2D eigenvalue weighted by Crippen LogP contribution is -2.55. The number of H-pyrrole nitrogens is 1. The Hall–Kier alpha value is -1.76. The number of methoxy groups -OCH3 is 1. The highest BCUT2D eigenvalue weighted by Crippen LogP contribution is 2.20. The molecule has 1 heterocycles. The average Bonchev–Trinajstić information content (AvgIpc) is 2.50. The number of likely N-dealkylation sites (N-methyl/N-ethyl adjacent to an activating group) is 1. The van der Waals surface area contributed by atoms with E-state index in [1.807, 2.05) is 56.4 Å². The summed E-state index contributed by atoms with van der Waals surface area (Å²) in [6, 6.07) is 9.63. The molecule has 1 aromatic carbocycles. The van der Waals surface area contributed by atoms with Gasteiger partial charge in [-0.2, -0.15) is 0 Å². The molecule has 0 spiro atoms. The van der Waals surface area contributed by atoms with Crippen molar-refractivity contribution in [3.63, 3.8) is 0 Å². The third-order valence-electron chi connectivity index (χ3n) is 3.77. The van der Waals surface area contributed by atoms with Crippen LogP contribution in [0.5, 0.6) is 0 Å². The standard InChI is InChI=1S/C16H21N3O2S/c1-18(9-10-21-4)16(22)19(2,3)14-11-12-7-5-6-8-13(12)17-15(14)20/h5-8,11H,9-10H2,1-4H3/p+1. The fraction of sp³-hybridized carbons (Fsp3) is 0.375. The molecular formula is C16H22N3O2S+. The molecule has 0 fully saturated rings. The van der Waals surface area contributed by atoms with Gasteiger partial charge in [-0.15, -0.1) is 0 Å². The SMILES string of the molecule is COCCN(C)C(=S)[N+](C)(C)c1cc2ccccc2[nH]c1=O. The molecule has 0 saturated carbocycles. The van der Waals surface area contributed by atoms with E-state index in [0.29, 0.717) is 24.0 Å². The number of fused-ring (bicyclic) bond motifs is 1. The maximum Gasteiger partial charge on any atom is 0.310 e. The molecule has 0 saturated heterocycles. The zero-order valence-electron chi connectivity index (χ0n) is 13.4. The van der Waals surface area contributed by atoms with Crippen LogP contribution in [-0.2, 0) is 4.74 Å². The predicted molar refractivity (Wildman–Crippen MR) is 95.3 cm³/mol. The molecule has 5 nitrogen and oxygen atoms in total. The largest absolute Gasteiger partial charge is 0.383 e. The summed E-state index contributed by atoms with van der Waals surface area (Å²) in [5.41, 5.74) is 1.33. The smallest absolute Gasteiger partial charge is 0.310 e. The quantitative estimate of drug-likeness (QED) is 0.691. The van der Waals surface area contributed by atoms with Crippen molar-refractivity contribution in [2.75, 3.05) is 41.4 Å². The highest BCUT2D eigenvalue weighted by molar-refractivity contribution is 7.80. The van der Waals surface area contributed by atoms with E-state index in [4.69, 9.17) is 17.0 Å². The lowest BCUT2D eigenvalue weighted by Gasteiger charge is -2.32. The Morgan fingerprint density at radius 1 is 1.36 bits per heavy atom. The maximum absolute atomic E-state index is 12.4. The van der Waals surface area contributed by atoms with Crippen LogP contribution in [0.25, 0.3) is 10.9 Å². The van der Waals surface area contributed by atoms with E-state index in [9.17, 15) is 4.79 Å². The molecule has 0 radical (unpaired) electrons. The Balaban J connectivity index is 2.42. The third-order valence-corrected chi connectivity index (χ3v) is 4.54. The number of thiocarbonyl (C=S) groups is 1. The second kappa shape index (κ2) is 6.56. The average molecular weight is 320 g/mol. The second-order valence-corrected chi connectivity index (χ2v) is 6.09. The molecule has 0 aliphatic rings. The van der Waals surface area contributed by atoms with Crippen LogP contribution in [0.2, 0.25) is 0 Å². The number of hydrogen-bond acceptors (Lipinski definition) is 3. The minimum atomic E-state index is -0.119. The molecule has 6 heteroatoms. The lowest BCUT2D eigenvalue weighted by atomic mass is 10.2. The number of hydrogen-bond donors (Lipinski definition) is 1. The highest BCUT2D eigenvalue weighted by Gasteiger charge is 2.31. The van der Waals surface area contributed by atoms with Crippen molar-refractivity contribution in [1.82, 2.24) is 14.4 Å². The number of nitrogens with one attached hydrogen (secondary N) is 1. The van der Waals surface area contributed by atoms with E-state index in [0.717, 1.165) is 10.9 Å². The van der Waals surface area contributed by atoms with Crippen molar-refractivity contribution < 1.29 is 4.74 Å². The number of pyridine rings is 1. The molecule has 0 aliphatic heterocycles. The van der Waals surface area contributed by atoms with E-state index in [1.54, 1.807) is 7.11 Å². The first-order valence-electron chi connectivity index (χ1n) is 7.09. The molecular weight excluding hydrogens is 298 g/mol. The summed E-state index contributed by atoms with van der Waals surface area (Å²) >= 11 is 5.58. The Morgan fingerprint density at radius 3 is 2.73 bits per heavy atom. The van der Waals surface area contributed by atoms with Crippen molar-refractivity contribution in [2.24, 2.45) is 0 Å². The Labute approximate surface area is 135 Å². The van der Waals surface area contributed by atoms with Gasteiger partial charge < -0.3 is 14.6 Å². The van der Waals surface area contributed by atoms with Crippen LogP contribution < -0.4 is 10.0 Å². The minimum absolute atomic E-state index is 0.119. The zero-order valence-corrected chi connectivity index (χ0v) is 14.2. The molecule has 2 rings (SSSR count). The Bertz CT molecular complexity index is 739. The number of para-hydroxylation sites is 1. The number of ether oxygens (including phenoxy) is 1. The summed E-state index contributed by atoms with van der Waals surface area (Å²) in [7, 11) is 7.41. The van der Waals surface area contributed by atoms with Crippen LogP contribution in [0.3, 0.4) is 0 Å². The number of nitrogens with zero attached hydrogens (tertiary/aromatic N) is 2. The molecule has 0 unspecified atom stereocenters. The monoisotopic (exact) mass is 320 g/mol. The maximum atomic E-state index is 12.4.